The van der Waals surface area contributed by atoms with Crippen molar-refractivity contribution in [2.24, 2.45) is 0 Å². The van der Waals surface area contributed by atoms with Crippen LogP contribution in [0.4, 0.5) is 5.69 Å². The second-order valence-corrected chi connectivity index (χ2v) is 5.91. The van der Waals surface area contributed by atoms with Crippen molar-refractivity contribution < 1.29 is 4.79 Å². The maximum atomic E-state index is 12.1. The molecule has 0 saturated heterocycles. The molecule has 1 heterocycles. The first-order valence-electron chi connectivity index (χ1n) is 5.88. The Bertz CT molecular complexity index is 657. The Labute approximate surface area is 121 Å². The number of nitrogen functional groups attached to an aromatic ring is 1. The standard InChI is InChI=1S/C14H15ClN2OS/c1-8(2)6-7-17-14(18)13-12(16)11-9(15)4-3-5-10(11)19-13/h3-6H,7,16H2,1-2H3,(H,17,18). The fourth-order valence-electron chi connectivity index (χ4n) is 1.73. The Morgan fingerprint density at radius 2 is 2.21 bits per heavy atom. The molecular formula is C14H15ClN2OS. The van der Waals surface area contributed by atoms with Crippen molar-refractivity contribution >= 4 is 44.6 Å². The average Bonchev–Trinajstić information content (AvgIpc) is 2.67. The van der Waals surface area contributed by atoms with Crippen molar-refractivity contribution in [2.75, 3.05) is 12.3 Å². The van der Waals surface area contributed by atoms with E-state index in [0.717, 1.165) is 15.7 Å². The molecule has 1 aromatic heterocycles. The van der Waals surface area contributed by atoms with Crippen LogP contribution in [0, 0.1) is 0 Å². The molecular weight excluding hydrogens is 280 g/mol. The molecule has 0 aliphatic carbocycles. The number of allylic oxidation sites excluding steroid dienone is 1. The van der Waals surface area contributed by atoms with Gasteiger partial charge in [-0.25, -0.2) is 0 Å². The molecule has 0 unspecified atom stereocenters. The number of thiophene rings is 1. The number of carbonyl (C=O) groups excluding carboxylic acids is 1. The monoisotopic (exact) mass is 294 g/mol. The number of carbonyl (C=O) groups is 1. The van der Waals surface area contributed by atoms with E-state index in [1.54, 1.807) is 6.07 Å². The van der Waals surface area contributed by atoms with Crippen molar-refractivity contribution in [2.45, 2.75) is 13.8 Å². The lowest BCUT2D eigenvalue weighted by atomic mass is 10.2. The van der Waals surface area contributed by atoms with E-state index in [4.69, 9.17) is 17.3 Å². The van der Waals surface area contributed by atoms with Crippen LogP contribution in [0.2, 0.25) is 5.02 Å². The molecule has 2 aromatic rings. The second kappa shape index (κ2) is 5.63. The molecule has 0 radical (unpaired) electrons. The molecule has 0 aliphatic heterocycles. The fourth-order valence-corrected chi connectivity index (χ4v) is 3.12. The Morgan fingerprint density at radius 3 is 2.84 bits per heavy atom. The van der Waals surface area contributed by atoms with E-state index < -0.39 is 0 Å². The maximum absolute atomic E-state index is 12.1. The van der Waals surface area contributed by atoms with Gasteiger partial charge in [0.15, 0.2) is 0 Å². The van der Waals surface area contributed by atoms with Gasteiger partial charge in [0.1, 0.15) is 4.88 Å². The number of rotatable bonds is 3. The normalized spacial score (nSPS) is 10.5. The van der Waals surface area contributed by atoms with Crippen molar-refractivity contribution in [3.63, 3.8) is 0 Å². The van der Waals surface area contributed by atoms with Gasteiger partial charge in [0.25, 0.3) is 5.91 Å². The van der Waals surface area contributed by atoms with E-state index in [1.807, 2.05) is 32.1 Å². The third-order valence-corrected chi connectivity index (χ3v) is 4.17. The highest BCUT2D eigenvalue weighted by molar-refractivity contribution is 7.21. The SMILES string of the molecule is CC(C)=CCNC(=O)c1sc2cccc(Cl)c2c1N. The molecule has 2 rings (SSSR count). The first kappa shape index (κ1) is 13.9. The summed E-state index contributed by atoms with van der Waals surface area (Å²) in [6.07, 6.45) is 1.95. The molecule has 0 fully saturated rings. The van der Waals surface area contributed by atoms with Crippen LogP contribution >= 0.6 is 22.9 Å². The minimum absolute atomic E-state index is 0.160. The van der Waals surface area contributed by atoms with Crippen LogP contribution in [0.1, 0.15) is 23.5 Å². The van der Waals surface area contributed by atoms with Crippen LogP contribution in [-0.2, 0) is 0 Å². The van der Waals surface area contributed by atoms with Gasteiger partial charge in [0.05, 0.1) is 10.7 Å². The van der Waals surface area contributed by atoms with E-state index in [-0.39, 0.29) is 5.91 Å². The van der Waals surface area contributed by atoms with Crippen LogP contribution in [0.3, 0.4) is 0 Å². The first-order chi connectivity index (χ1) is 9.00. The minimum atomic E-state index is -0.160. The van der Waals surface area contributed by atoms with E-state index in [2.05, 4.69) is 5.32 Å². The number of hydrogen-bond acceptors (Lipinski definition) is 3. The van der Waals surface area contributed by atoms with Gasteiger partial charge in [-0.05, 0) is 26.0 Å². The van der Waals surface area contributed by atoms with E-state index in [1.165, 1.54) is 11.3 Å². The first-order valence-corrected chi connectivity index (χ1v) is 7.08. The van der Waals surface area contributed by atoms with Crippen molar-refractivity contribution in [3.8, 4) is 0 Å². The lowest BCUT2D eigenvalue weighted by molar-refractivity contribution is 0.0963. The summed E-state index contributed by atoms with van der Waals surface area (Å²) >= 11 is 7.47. The summed E-state index contributed by atoms with van der Waals surface area (Å²) in [6.45, 7) is 4.47. The zero-order valence-electron chi connectivity index (χ0n) is 10.8. The van der Waals surface area contributed by atoms with Crippen LogP contribution in [-0.4, -0.2) is 12.5 Å². The highest BCUT2D eigenvalue weighted by Crippen LogP contribution is 2.37. The van der Waals surface area contributed by atoms with E-state index in [0.29, 0.717) is 22.1 Å². The highest BCUT2D eigenvalue weighted by Gasteiger charge is 2.17. The molecule has 19 heavy (non-hydrogen) atoms. The Hall–Kier alpha value is -1.52. The average molecular weight is 295 g/mol. The van der Waals surface area contributed by atoms with Crippen LogP contribution < -0.4 is 11.1 Å². The number of amides is 1. The predicted octanol–water partition coefficient (Wildman–Crippen LogP) is 3.83. The summed E-state index contributed by atoms with van der Waals surface area (Å²) in [4.78, 5) is 12.6. The number of benzene rings is 1. The Balaban J connectivity index is 2.30. The van der Waals surface area contributed by atoms with Crippen molar-refractivity contribution in [1.82, 2.24) is 5.32 Å². The molecule has 3 N–H and O–H groups in total. The zero-order chi connectivity index (χ0) is 14.0. The summed E-state index contributed by atoms with van der Waals surface area (Å²) in [7, 11) is 0. The number of nitrogens with two attached hydrogens (primary N) is 1. The Kier molecular flexibility index (Phi) is 4.12. The lowest BCUT2D eigenvalue weighted by Gasteiger charge is -2.01. The van der Waals surface area contributed by atoms with Gasteiger partial charge >= 0.3 is 0 Å². The van der Waals surface area contributed by atoms with Gasteiger partial charge in [-0.1, -0.05) is 29.3 Å². The molecule has 100 valence electrons. The summed E-state index contributed by atoms with van der Waals surface area (Å²) in [5.74, 6) is -0.160. The minimum Gasteiger partial charge on any atom is -0.397 e. The van der Waals surface area contributed by atoms with Crippen LogP contribution in [0.5, 0.6) is 0 Å². The quantitative estimate of drug-likeness (QED) is 0.845. The largest absolute Gasteiger partial charge is 0.397 e. The number of fused-ring (bicyclic) bond motifs is 1. The number of halogens is 1. The number of hydrogen-bond donors (Lipinski definition) is 2. The summed E-state index contributed by atoms with van der Waals surface area (Å²) < 4.78 is 0.928. The summed E-state index contributed by atoms with van der Waals surface area (Å²) in [5, 5.41) is 4.17. The smallest absolute Gasteiger partial charge is 0.263 e. The highest BCUT2D eigenvalue weighted by atomic mass is 35.5. The second-order valence-electron chi connectivity index (χ2n) is 4.45. The van der Waals surface area contributed by atoms with Gasteiger partial charge in [-0.15, -0.1) is 11.3 Å². The predicted molar refractivity (Wildman–Crippen MR) is 83.0 cm³/mol. The van der Waals surface area contributed by atoms with Gasteiger partial charge in [0.2, 0.25) is 0 Å². The summed E-state index contributed by atoms with van der Waals surface area (Å²) in [6, 6.07) is 5.54. The molecule has 0 aliphatic rings. The van der Waals surface area contributed by atoms with Crippen molar-refractivity contribution in [3.05, 3.63) is 39.7 Å². The topological polar surface area (TPSA) is 55.1 Å². The lowest BCUT2D eigenvalue weighted by Crippen LogP contribution is -2.23. The van der Waals surface area contributed by atoms with Gasteiger partial charge < -0.3 is 11.1 Å². The fraction of sp³-hybridized carbons (Fsp3) is 0.214. The van der Waals surface area contributed by atoms with Crippen molar-refractivity contribution in [1.29, 1.82) is 0 Å². The molecule has 1 amide bonds. The third kappa shape index (κ3) is 2.91. The number of anilines is 1. The summed E-state index contributed by atoms with van der Waals surface area (Å²) in [5.41, 5.74) is 7.64. The van der Waals surface area contributed by atoms with E-state index in [9.17, 15) is 4.79 Å². The molecule has 5 heteroatoms. The molecule has 1 aromatic carbocycles. The molecule has 0 spiro atoms. The zero-order valence-corrected chi connectivity index (χ0v) is 12.4. The van der Waals surface area contributed by atoms with Crippen LogP contribution in [0.15, 0.2) is 29.8 Å². The molecule has 3 nitrogen and oxygen atoms in total. The van der Waals surface area contributed by atoms with Gasteiger partial charge in [0, 0.05) is 16.6 Å². The van der Waals surface area contributed by atoms with Gasteiger partial charge in [-0.2, -0.15) is 0 Å². The third-order valence-electron chi connectivity index (χ3n) is 2.68. The molecule has 0 saturated carbocycles. The Morgan fingerprint density at radius 1 is 1.47 bits per heavy atom. The van der Waals surface area contributed by atoms with Crippen LogP contribution in [0.25, 0.3) is 10.1 Å². The van der Waals surface area contributed by atoms with Gasteiger partial charge in [-0.3, -0.25) is 4.79 Å². The maximum Gasteiger partial charge on any atom is 0.263 e. The molecule has 0 atom stereocenters. The molecule has 0 bridgehead atoms. The number of nitrogens with one attached hydrogen (secondary N) is 1. The van der Waals surface area contributed by atoms with E-state index >= 15 is 0 Å².